The van der Waals surface area contributed by atoms with Crippen molar-refractivity contribution in [2.75, 3.05) is 7.11 Å². The third-order valence-electron chi connectivity index (χ3n) is 3.96. The smallest absolute Gasteiger partial charge is 0.104 e. The minimum absolute atomic E-state index is 0.312. The average Bonchev–Trinajstić information content (AvgIpc) is 2.84. The van der Waals surface area contributed by atoms with Crippen molar-refractivity contribution in [3.05, 3.63) is 24.0 Å². The number of nitrogens with zero attached hydrogens (tertiary/aromatic N) is 1. The SMILES string of the molecule is CCCCCCC(C)(CCC)c1ccn(OC)c1. The van der Waals surface area contributed by atoms with E-state index in [1.165, 1.54) is 50.5 Å². The zero-order valence-corrected chi connectivity index (χ0v) is 12.5. The molecule has 2 heteroatoms. The summed E-state index contributed by atoms with van der Waals surface area (Å²) >= 11 is 0. The molecule has 0 aliphatic carbocycles. The molecule has 1 unspecified atom stereocenters. The van der Waals surface area contributed by atoms with Gasteiger partial charge in [-0.3, -0.25) is 0 Å². The monoisotopic (exact) mass is 251 g/mol. The molecule has 0 N–H and O–H groups in total. The van der Waals surface area contributed by atoms with E-state index in [0.717, 1.165) is 0 Å². The van der Waals surface area contributed by atoms with Crippen molar-refractivity contribution in [2.45, 2.75) is 71.1 Å². The number of rotatable bonds is 9. The summed E-state index contributed by atoms with van der Waals surface area (Å²) in [4.78, 5) is 5.23. The first kappa shape index (κ1) is 15.1. The summed E-state index contributed by atoms with van der Waals surface area (Å²) < 4.78 is 1.80. The molecular weight excluding hydrogens is 222 g/mol. The van der Waals surface area contributed by atoms with Crippen LogP contribution in [-0.2, 0) is 5.41 Å². The molecule has 18 heavy (non-hydrogen) atoms. The molecule has 1 rings (SSSR count). The Morgan fingerprint density at radius 2 is 1.89 bits per heavy atom. The Kier molecular flexibility index (Phi) is 6.31. The molecular formula is C16H29NO. The third-order valence-corrected chi connectivity index (χ3v) is 3.96. The van der Waals surface area contributed by atoms with Crippen molar-refractivity contribution >= 4 is 0 Å². The fourth-order valence-corrected chi connectivity index (χ4v) is 2.75. The van der Waals surface area contributed by atoms with Crippen LogP contribution in [0.15, 0.2) is 18.5 Å². The highest BCUT2D eigenvalue weighted by atomic mass is 16.6. The van der Waals surface area contributed by atoms with Crippen LogP contribution in [0.1, 0.15) is 71.3 Å². The highest BCUT2D eigenvalue weighted by Gasteiger charge is 2.26. The number of hydrogen-bond acceptors (Lipinski definition) is 1. The second-order valence-corrected chi connectivity index (χ2v) is 5.56. The van der Waals surface area contributed by atoms with Crippen molar-refractivity contribution in [1.82, 2.24) is 4.73 Å². The Hall–Kier alpha value is -0.920. The predicted octanol–water partition coefficient (Wildman–Crippen LogP) is 4.57. The minimum atomic E-state index is 0.312. The highest BCUT2D eigenvalue weighted by molar-refractivity contribution is 5.21. The van der Waals surface area contributed by atoms with E-state index < -0.39 is 0 Å². The third kappa shape index (κ3) is 4.08. The first-order valence-electron chi connectivity index (χ1n) is 7.39. The van der Waals surface area contributed by atoms with Gasteiger partial charge in [0.1, 0.15) is 7.11 Å². The number of hydrogen-bond donors (Lipinski definition) is 0. The van der Waals surface area contributed by atoms with Gasteiger partial charge >= 0.3 is 0 Å². The van der Waals surface area contributed by atoms with Gasteiger partial charge in [0.2, 0.25) is 0 Å². The summed E-state index contributed by atoms with van der Waals surface area (Å²) in [5.74, 6) is 0. The van der Waals surface area contributed by atoms with Crippen LogP contribution in [0.2, 0.25) is 0 Å². The van der Waals surface area contributed by atoms with Crippen LogP contribution in [0.5, 0.6) is 0 Å². The first-order valence-corrected chi connectivity index (χ1v) is 7.39. The normalized spacial score (nSPS) is 14.4. The topological polar surface area (TPSA) is 14.2 Å². The first-order chi connectivity index (χ1) is 8.66. The van der Waals surface area contributed by atoms with Crippen molar-refractivity contribution in [3.63, 3.8) is 0 Å². The molecule has 0 fully saturated rings. The Morgan fingerprint density at radius 1 is 1.11 bits per heavy atom. The Balaban J connectivity index is 2.66. The van der Waals surface area contributed by atoms with Gasteiger partial charge in [-0.15, -0.1) is 0 Å². The molecule has 1 aromatic heterocycles. The van der Waals surface area contributed by atoms with Gasteiger partial charge in [-0.05, 0) is 29.9 Å². The maximum absolute atomic E-state index is 5.23. The van der Waals surface area contributed by atoms with Gasteiger partial charge in [0, 0.05) is 12.4 Å². The molecule has 104 valence electrons. The fraction of sp³-hybridized carbons (Fsp3) is 0.750. The van der Waals surface area contributed by atoms with E-state index in [1.54, 1.807) is 11.8 Å². The molecule has 1 atom stereocenters. The van der Waals surface area contributed by atoms with E-state index in [2.05, 4.69) is 33.0 Å². The van der Waals surface area contributed by atoms with Crippen molar-refractivity contribution in [2.24, 2.45) is 0 Å². The Labute approximate surface area is 112 Å². The van der Waals surface area contributed by atoms with Crippen LogP contribution in [0.3, 0.4) is 0 Å². The predicted molar refractivity (Wildman–Crippen MR) is 78.0 cm³/mol. The summed E-state index contributed by atoms with van der Waals surface area (Å²) in [7, 11) is 1.71. The van der Waals surface area contributed by atoms with Crippen LogP contribution in [-0.4, -0.2) is 11.8 Å². The lowest BCUT2D eigenvalue weighted by atomic mass is 9.76. The quantitative estimate of drug-likeness (QED) is 0.586. The Morgan fingerprint density at radius 3 is 2.44 bits per heavy atom. The van der Waals surface area contributed by atoms with Crippen LogP contribution in [0, 0.1) is 0 Å². The van der Waals surface area contributed by atoms with E-state index in [1.807, 2.05) is 6.20 Å². The van der Waals surface area contributed by atoms with E-state index in [0.29, 0.717) is 5.41 Å². The molecule has 1 heterocycles. The number of unbranched alkanes of at least 4 members (excludes halogenated alkanes) is 3. The highest BCUT2D eigenvalue weighted by Crippen LogP contribution is 2.34. The minimum Gasteiger partial charge on any atom is -0.418 e. The molecule has 0 radical (unpaired) electrons. The Bertz CT molecular complexity index is 332. The average molecular weight is 251 g/mol. The van der Waals surface area contributed by atoms with Crippen LogP contribution in [0.4, 0.5) is 0 Å². The summed E-state index contributed by atoms with van der Waals surface area (Å²) in [5, 5.41) is 0. The summed E-state index contributed by atoms with van der Waals surface area (Å²) in [6, 6.07) is 2.21. The van der Waals surface area contributed by atoms with Gasteiger partial charge in [0.05, 0.1) is 0 Å². The van der Waals surface area contributed by atoms with Gasteiger partial charge in [-0.2, -0.15) is 4.73 Å². The molecule has 0 aromatic carbocycles. The van der Waals surface area contributed by atoms with Gasteiger partial charge in [0.15, 0.2) is 0 Å². The van der Waals surface area contributed by atoms with Crippen molar-refractivity contribution in [1.29, 1.82) is 0 Å². The molecule has 2 nitrogen and oxygen atoms in total. The zero-order valence-electron chi connectivity index (χ0n) is 12.5. The summed E-state index contributed by atoms with van der Waals surface area (Å²) in [5.41, 5.74) is 1.73. The van der Waals surface area contributed by atoms with Gasteiger partial charge in [0.25, 0.3) is 0 Å². The van der Waals surface area contributed by atoms with Crippen molar-refractivity contribution in [3.8, 4) is 0 Å². The molecule has 0 bridgehead atoms. The fourth-order valence-electron chi connectivity index (χ4n) is 2.75. The molecule has 1 aromatic rings. The standard InChI is InChI=1S/C16H29NO/c1-5-7-8-9-12-16(3,11-6-2)15-10-13-17(14-15)18-4/h10,13-14H,5-9,11-12H2,1-4H3. The molecule has 0 spiro atoms. The maximum atomic E-state index is 5.23. The van der Waals surface area contributed by atoms with Gasteiger partial charge < -0.3 is 4.84 Å². The maximum Gasteiger partial charge on any atom is 0.104 e. The number of aromatic nitrogens is 1. The van der Waals surface area contributed by atoms with Gasteiger partial charge in [-0.1, -0.05) is 52.9 Å². The van der Waals surface area contributed by atoms with E-state index in [4.69, 9.17) is 4.84 Å². The van der Waals surface area contributed by atoms with E-state index in [9.17, 15) is 0 Å². The lowest BCUT2D eigenvalue weighted by molar-refractivity contribution is 0.167. The second kappa shape index (κ2) is 7.50. The summed E-state index contributed by atoms with van der Waals surface area (Å²) in [6.45, 7) is 6.94. The molecule has 0 saturated carbocycles. The lowest BCUT2D eigenvalue weighted by Crippen LogP contribution is -2.21. The molecule has 0 saturated heterocycles. The van der Waals surface area contributed by atoms with Crippen LogP contribution < -0.4 is 4.84 Å². The zero-order chi connectivity index (χ0) is 13.4. The van der Waals surface area contributed by atoms with E-state index in [-0.39, 0.29) is 0 Å². The van der Waals surface area contributed by atoms with Crippen LogP contribution in [0.25, 0.3) is 0 Å². The second-order valence-electron chi connectivity index (χ2n) is 5.56. The molecule has 0 aliphatic heterocycles. The van der Waals surface area contributed by atoms with Gasteiger partial charge in [-0.25, -0.2) is 0 Å². The van der Waals surface area contributed by atoms with Crippen molar-refractivity contribution < 1.29 is 4.84 Å². The lowest BCUT2D eigenvalue weighted by Gasteiger charge is -2.29. The van der Waals surface area contributed by atoms with Crippen LogP contribution >= 0.6 is 0 Å². The molecule has 0 amide bonds. The van der Waals surface area contributed by atoms with E-state index >= 15 is 0 Å². The molecule has 0 aliphatic rings. The summed E-state index contributed by atoms with van der Waals surface area (Å²) in [6.07, 6.45) is 13.3. The largest absolute Gasteiger partial charge is 0.418 e.